The van der Waals surface area contributed by atoms with Gasteiger partial charge in [0.05, 0.1) is 6.61 Å². The maximum absolute atomic E-state index is 13.3. The Bertz CT molecular complexity index is 310. The molecule has 1 rings (SSSR count). The third-order valence-corrected chi connectivity index (χ3v) is 1.91. The molecule has 0 saturated carbocycles. The van der Waals surface area contributed by atoms with Gasteiger partial charge in [-0.1, -0.05) is 23.7 Å². The Labute approximate surface area is 86.6 Å². The first-order valence-corrected chi connectivity index (χ1v) is 4.59. The molecule has 0 bridgehead atoms. The van der Waals surface area contributed by atoms with Gasteiger partial charge in [0.2, 0.25) is 6.17 Å². The van der Waals surface area contributed by atoms with E-state index in [2.05, 4.69) is 4.74 Å². The van der Waals surface area contributed by atoms with Gasteiger partial charge in [-0.05, 0) is 24.6 Å². The summed E-state index contributed by atoms with van der Waals surface area (Å²) in [5.74, 6) is -0.866. The molecule has 14 heavy (non-hydrogen) atoms. The fourth-order valence-electron chi connectivity index (χ4n) is 0.983. The van der Waals surface area contributed by atoms with Crippen LogP contribution in [0, 0.1) is 0 Å². The van der Waals surface area contributed by atoms with Gasteiger partial charge in [0, 0.05) is 5.02 Å². The van der Waals surface area contributed by atoms with Gasteiger partial charge in [-0.3, -0.25) is 0 Å². The maximum Gasteiger partial charge on any atom is 0.345 e. The molecule has 0 spiro atoms. The van der Waals surface area contributed by atoms with Crippen molar-refractivity contribution in [2.75, 3.05) is 6.61 Å². The molecule has 0 aliphatic heterocycles. The van der Waals surface area contributed by atoms with E-state index in [1.807, 2.05) is 0 Å². The Kier molecular flexibility index (Phi) is 3.89. The number of alkyl halides is 1. The molecule has 0 heterocycles. The number of hydrogen-bond acceptors (Lipinski definition) is 2. The summed E-state index contributed by atoms with van der Waals surface area (Å²) in [4.78, 5) is 11.0. The Morgan fingerprint density at radius 1 is 1.50 bits per heavy atom. The average molecular weight is 217 g/mol. The van der Waals surface area contributed by atoms with Crippen molar-refractivity contribution < 1.29 is 13.9 Å². The van der Waals surface area contributed by atoms with Crippen molar-refractivity contribution in [2.45, 2.75) is 13.1 Å². The number of hydrogen-bond donors (Lipinski definition) is 0. The minimum absolute atomic E-state index is 0.173. The van der Waals surface area contributed by atoms with Crippen molar-refractivity contribution in [1.29, 1.82) is 0 Å². The standard InChI is InChI=1S/C10H10ClFO2/c1-2-14-10(13)9(12)7-3-5-8(11)6-4-7/h3-6,9H,2H2,1H3. The van der Waals surface area contributed by atoms with Crippen LogP contribution in [0.25, 0.3) is 0 Å². The Hall–Kier alpha value is -1.09. The molecule has 0 amide bonds. The summed E-state index contributed by atoms with van der Waals surface area (Å²) in [5.41, 5.74) is 0.257. The molecule has 0 saturated heterocycles. The van der Waals surface area contributed by atoms with E-state index in [9.17, 15) is 9.18 Å². The zero-order valence-corrected chi connectivity index (χ0v) is 8.42. The van der Waals surface area contributed by atoms with Crippen LogP contribution in [-0.2, 0) is 9.53 Å². The first-order chi connectivity index (χ1) is 6.65. The molecule has 1 aromatic rings. The molecular formula is C10H10ClFO2. The van der Waals surface area contributed by atoms with Crippen molar-refractivity contribution in [2.24, 2.45) is 0 Å². The van der Waals surface area contributed by atoms with Crippen LogP contribution in [0.2, 0.25) is 5.02 Å². The Morgan fingerprint density at radius 2 is 2.07 bits per heavy atom. The molecule has 1 unspecified atom stereocenters. The van der Waals surface area contributed by atoms with E-state index in [1.165, 1.54) is 24.3 Å². The molecule has 4 heteroatoms. The van der Waals surface area contributed by atoms with Crippen molar-refractivity contribution in [3.8, 4) is 0 Å². The third kappa shape index (κ3) is 2.70. The van der Waals surface area contributed by atoms with Crippen LogP contribution >= 0.6 is 11.6 Å². The average Bonchev–Trinajstić information content (AvgIpc) is 2.18. The monoisotopic (exact) mass is 216 g/mol. The second-order valence-electron chi connectivity index (χ2n) is 2.67. The van der Waals surface area contributed by atoms with E-state index >= 15 is 0 Å². The maximum atomic E-state index is 13.3. The van der Waals surface area contributed by atoms with E-state index in [0.29, 0.717) is 5.02 Å². The number of benzene rings is 1. The summed E-state index contributed by atoms with van der Waals surface area (Å²) < 4.78 is 17.9. The molecule has 0 N–H and O–H groups in total. The minimum atomic E-state index is -1.73. The summed E-state index contributed by atoms with van der Waals surface area (Å²) in [6, 6.07) is 5.99. The van der Waals surface area contributed by atoms with Crippen LogP contribution in [0.15, 0.2) is 24.3 Å². The van der Waals surface area contributed by atoms with E-state index in [1.54, 1.807) is 6.92 Å². The summed E-state index contributed by atoms with van der Waals surface area (Å²) in [5, 5.41) is 0.504. The fourth-order valence-corrected chi connectivity index (χ4v) is 1.11. The molecule has 1 aromatic carbocycles. The van der Waals surface area contributed by atoms with Gasteiger partial charge in [0.25, 0.3) is 0 Å². The lowest BCUT2D eigenvalue weighted by molar-refractivity contribution is -0.149. The zero-order chi connectivity index (χ0) is 10.6. The van der Waals surface area contributed by atoms with E-state index in [4.69, 9.17) is 11.6 Å². The second-order valence-corrected chi connectivity index (χ2v) is 3.10. The van der Waals surface area contributed by atoms with Gasteiger partial charge in [-0.15, -0.1) is 0 Å². The summed E-state index contributed by atoms with van der Waals surface area (Å²) >= 11 is 5.62. The lowest BCUT2D eigenvalue weighted by Crippen LogP contribution is -2.11. The van der Waals surface area contributed by atoms with E-state index in [-0.39, 0.29) is 12.2 Å². The molecule has 0 aromatic heterocycles. The summed E-state index contributed by atoms with van der Waals surface area (Å²) in [6.45, 7) is 1.80. The normalized spacial score (nSPS) is 12.2. The lowest BCUT2D eigenvalue weighted by Gasteiger charge is -2.07. The predicted molar refractivity (Wildman–Crippen MR) is 51.9 cm³/mol. The van der Waals surface area contributed by atoms with Gasteiger partial charge in [-0.25, -0.2) is 9.18 Å². The van der Waals surface area contributed by atoms with Crippen LogP contribution in [0.1, 0.15) is 18.7 Å². The number of rotatable bonds is 3. The van der Waals surface area contributed by atoms with Gasteiger partial charge >= 0.3 is 5.97 Å². The van der Waals surface area contributed by atoms with Crippen molar-refractivity contribution in [1.82, 2.24) is 0 Å². The first-order valence-electron chi connectivity index (χ1n) is 4.21. The highest BCUT2D eigenvalue weighted by Crippen LogP contribution is 2.20. The first kappa shape index (κ1) is 11.0. The van der Waals surface area contributed by atoms with Crippen molar-refractivity contribution >= 4 is 17.6 Å². The highest BCUT2D eigenvalue weighted by atomic mass is 35.5. The Balaban J connectivity index is 2.73. The van der Waals surface area contributed by atoms with Crippen LogP contribution in [-0.4, -0.2) is 12.6 Å². The lowest BCUT2D eigenvalue weighted by atomic mass is 10.1. The topological polar surface area (TPSA) is 26.3 Å². The molecule has 76 valence electrons. The smallest absolute Gasteiger partial charge is 0.345 e. The number of esters is 1. The van der Waals surface area contributed by atoms with Gasteiger partial charge < -0.3 is 4.74 Å². The molecule has 0 radical (unpaired) electrons. The number of carbonyl (C=O) groups is 1. The fraction of sp³-hybridized carbons (Fsp3) is 0.300. The molecule has 0 fully saturated rings. The van der Waals surface area contributed by atoms with Crippen molar-refractivity contribution in [3.05, 3.63) is 34.9 Å². The predicted octanol–water partition coefficient (Wildman–Crippen LogP) is 2.91. The quantitative estimate of drug-likeness (QED) is 0.727. The number of halogens is 2. The molecule has 0 aliphatic carbocycles. The van der Waals surface area contributed by atoms with Crippen molar-refractivity contribution in [3.63, 3.8) is 0 Å². The summed E-state index contributed by atoms with van der Waals surface area (Å²) in [7, 11) is 0. The minimum Gasteiger partial charge on any atom is -0.464 e. The van der Waals surface area contributed by atoms with Crippen LogP contribution in [0.5, 0.6) is 0 Å². The highest BCUT2D eigenvalue weighted by Gasteiger charge is 2.20. The number of carbonyl (C=O) groups excluding carboxylic acids is 1. The molecular weight excluding hydrogens is 207 g/mol. The second kappa shape index (κ2) is 4.96. The van der Waals surface area contributed by atoms with E-state index < -0.39 is 12.1 Å². The molecule has 0 aliphatic rings. The number of ether oxygens (including phenoxy) is 1. The van der Waals surface area contributed by atoms with Crippen LogP contribution in [0.4, 0.5) is 4.39 Å². The molecule has 1 atom stereocenters. The Morgan fingerprint density at radius 3 is 2.57 bits per heavy atom. The SMILES string of the molecule is CCOC(=O)C(F)c1ccc(Cl)cc1. The third-order valence-electron chi connectivity index (χ3n) is 1.66. The highest BCUT2D eigenvalue weighted by molar-refractivity contribution is 6.30. The van der Waals surface area contributed by atoms with Crippen LogP contribution in [0.3, 0.4) is 0 Å². The van der Waals surface area contributed by atoms with Gasteiger partial charge in [0.15, 0.2) is 0 Å². The summed E-state index contributed by atoms with van der Waals surface area (Å²) in [6.07, 6.45) is -1.73. The van der Waals surface area contributed by atoms with Crippen LogP contribution < -0.4 is 0 Å². The molecule has 2 nitrogen and oxygen atoms in total. The van der Waals surface area contributed by atoms with Gasteiger partial charge in [-0.2, -0.15) is 0 Å². The largest absolute Gasteiger partial charge is 0.464 e. The zero-order valence-electron chi connectivity index (χ0n) is 7.67. The van der Waals surface area contributed by atoms with Gasteiger partial charge in [0.1, 0.15) is 0 Å². The van der Waals surface area contributed by atoms with E-state index in [0.717, 1.165) is 0 Å².